The number of aliphatic hydroxyl groups excluding tert-OH is 8. The Morgan fingerprint density at radius 3 is 2.29 bits per heavy atom. The summed E-state index contributed by atoms with van der Waals surface area (Å²) in [6.07, 6.45) is -15.8. The maximum absolute atomic E-state index is 11.9. The zero-order chi connectivity index (χ0) is 21.4. The van der Waals surface area contributed by atoms with Gasteiger partial charge < -0.3 is 61.4 Å². The van der Waals surface area contributed by atoms with Crippen LogP contribution in [-0.4, -0.2) is 128 Å². The molecule has 1 aliphatic rings. The SMILES string of the molecule is NCCCNC(=O)C(O)C(O)C(O[C@@H]1OC(CO)[C@H](O)[C@H](O)C1O)C(O)CO. The molecule has 13 heteroatoms. The standard InChI is InChI=1S/C15H30N2O11/c16-2-1-3-17-14(26)11(24)10(23)13(6(20)4-18)28-15-12(25)9(22)8(21)7(5-19)27-15/h6-13,15,18-25H,1-5,16H2,(H,17,26)/t6?,7?,8-,9-,10?,11?,12?,13?,15-/m0/s1. The number of carbonyl (C=O) groups is 1. The van der Waals surface area contributed by atoms with E-state index in [1.807, 2.05) is 0 Å². The summed E-state index contributed by atoms with van der Waals surface area (Å²) >= 11 is 0. The van der Waals surface area contributed by atoms with Crippen molar-refractivity contribution < 1.29 is 55.1 Å². The van der Waals surface area contributed by atoms with Gasteiger partial charge in [0.25, 0.3) is 5.91 Å². The van der Waals surface area contributed by atoms with Crippen LogP contribution in [0.1, 0.15) is 6.42 Å². The highest BCUT2D eigenvalue weighted by Gasteiger charge is 2.47. The van der Waals surface area contributed by atoms with Crippen molar-refractivity contribution in [1.29, 1.82) is 0 Å². The largest absolute Gasteiger partial charge is 0.394 e. The summed E-state index contributed by atoms with van der Waals surface area (Å²) in [7, 11) is 0. The van der Waals surface area contributed by atoms with Crippen molar-refractivity contribution in [1.82, 2.24) is 5.32 Å². The normalized spacial score (nSPS) is 32.4. The Morgan fingerprint density at radius 2 is 1.75 bits per heavy atom. The second kappa shape index (κ2) is 11.9. The lowest BCUT2D eigenvalue weighted by molar-refractivity contribution is -0.326. The van der Waals surface area contributed by atoms with Crippen LogP contribution in [0.25, 0.3) is 0 Å². The molecule has 1 rings (SSSR count). The average molecular weight is 414 g/mol. The molecular weight excluding hydrogens is 384 g/mol. The number of hydrogen-bond acceptors (Lipinski definition) is 12. The Morgan fingerprint density at radius 1 is 1.11 bits per heavy atom. The molecule has 11 N–H and O–H groups in total. The van der Waals surface area contributed by atoms with E-state index < -0.39 is 74.2 Å². The van der Waals surface area contributed by atoms with Crippen molar-refractivity contribution in [3.05, 3.63) is 0 Å². The summed E-state index contributed by atoms with van der Waals surface area (Å²) < 4.78 is 10.3. The third-order valence-corrected chi connectivity index (χ3v) is 4.31. The molecule has 13 nitrogen and oxygen atoms in total. The van der Waals surface area contributed by atoms with Crippen LogP contribution >= 0.6 is 0 Å². The topological polar surface area (TPSA) is 235 Å². The zero-order valence-electron chi connectivity index (χ0n) is 15.1. The van der Waals surface area contributed by atoms with Crippen molar-refractivity contribution in [2.45, 2.75) is 61.5 Å². The van der Waals surface area contributed by atoms with E-state index in [0.29, 0.717) is 6.42 Å². The predicted octanol–water partition coefficient (Wildman–Crippen LogP) is -6.29. The van der Waals surface area contributed by atoms with Gasteiger partial charge in [-0.05, 0) is 13.0 Å². The van der Waals surface area contributed by atoms with Crippen LogP contribution in [0.4, 0.5) is 0 Å². The third-order valence-electron chi connectivity index (χ3n) is 4.31. The van der Waals surface area contributed by atoms with Crippen LogP contribution in [0.5, 0.6) is 0 Å². The predicted molar refractivity (Wildman–Crippen MR) is 90.4 cm³/mol. The highest BCUT2D eigenvalue weighted by molar-refractivity contribution is 5.81. The number of nitrogens with two attached hydrogens (primary N) is 1. The van der Waals surface area contributed by atoms with E-state index in [1.54, 1.807) is 0 Å². The average Bonchev–Trinajstić information content (AvgIpc) is 2.70. The second-order valence-electron chi connectivity index (χ2n) is 6.42. The number of hydrogen-bond donors (Lipinski definition) is 10. The lowest BCUT2D eigenvalue weighted by atomic mass is 9.98. The number of ether oxygens (including phenoxy) is 2. The van der Waals surface area contributed by atoms with E-state index in [4.69, 9.17) is 20.3 Å². The Bertz CT molecular complexity index is 469. The van der Waals surface area contributed by atoms with Gasteiger partial charge in [-0.3, -0.25) is 4.79 Å². The first-order valence-corrected chi connectivity index (χ1v) is 8.78. The van der Waals surface area contributed by atoms with Crippen molar-refractivity contribution in [3.63, 3.8) is 0 Å². The highest BCUT2D eigenvalue weighted by Crippen LogP contribution is 2.25. The number of amides is 1. The van der Waals surface area contributed by atoms with Gasteiger partial charge >= 0.3 is 0 Å². The minimum Gasteiger partial charge on any atom is -0.394 e. The summed E-state index contributed by atoms with van der Waals surface area (Å²) in [6.45, 7) is -1.28. The van der Waals surface area contributed by atoms with Crippen LogP contribution in [0.3, 0.4) is 0 Å². The Kier molecular flexibility index (Phi) is 10.6. The Balaban J connectivity index is 2.88. The van der Waals surface area contributed by atoms with Gasteiger partial charge in [0.15, 0.2) is 12.4 Å². The fourth-order valence-electron chi connectivity index (χ4n) is 2.59. The second-order valence-corrected chi connectivity index (χ2v) is 6.42. The molecule has 1 fully saturated rings. The molecule has 166 valence electrons. The molecule has 28 heavy (non-hydrogen) atoms. The molecule has 0 spiro atoms. The molecule has 1 aliphatic heterocycles. The maximum atomic E-state index is 11.9. The molecule has 0 aromatic carbocycles. The molecule has 0 bridgehead atoms. The first-order chi connectivity index (χ1) is 13.2. The van der Waals surface area contributed by atoms with E-state index in [-0.39, 0.29) is 13.1 Å². The third kappa shape index (κ3) is 6.27. The monoisotopic (exact) mass is 414 g/mol. The molecule has 1 heterocycles. The van der Waals surface area contributed by atoms with Gasteiger partial charge in [-0.1, -0.05) is 0 Å². The van der Waals surface area contributed by atoms with Gasteiger partial charge in [0.05, 0.1) is 13.2 Å². The van der Waals surface area contributed by atoms with Crippen molar-refractivity contribution in [3.8, 4) is 0 Å². The molecule has 1 saturated heterocycles. The van der Waals surface area contributed by atoms with Crippen LogP contribution in [0.2, 0.25) is 0 Å². The zero-order valence-corrected chi connectivity index (χ0v) is 15.1. The number of rotatable bonds is 11. The smallest absolute Gasteiger partial charge is 0.251 e. The summed E-state index contributed by atoms with van der Waals surface area (Å²) in [5.74, 6) is -0.992. The molecule has 0 aliphatic carbocycles. The Labute approximate surface area is 160 Å². The van der Waals surface area contributed by atoms with E-state index >= 15 is 0 Å². The highest BCUT2D eigenvalue weighted by atomic mass is 16.7. The minimum absolute atomic E-state index is 0.125. The molecule has 6 unspecified atom stereocenters. The van der Waals surface area contributed by atoms with Crippen LogP contribution in [0.15, 0.2) is 0 Å². The fraction of sp³-hybridized carbons (Fsp3) is 0.933. The molecule has 0 aromatic heterocycles. The van der Waals surface area contributed by atoms with Crippen molar-refractivity contribution in [2.75, 3.05) is 26.3 Å². The molecule has 0 aromatic rings. The van der Waals surface area contributed by atoms with Gasteiger partial charge in [0, 0.05) is 6.54 Å². The van der Waals surface area contributed by atoms with Crippen LogP contribution < -0.4 is 11.1 Å². The first-order valence-electron chi connectivity index (χ1n) is 8.78. The van der Waals surface area contributed by atoms with E-state index in [9.17, 15) is 40.5 Å². The molecule has 0 saturated carbocycles. The number of aliphatic hydroxyl groups is 8. The summed E-state index contributed by atoms with van der Waals surface area (Å²) in [4.78, 5) is 11.9. The molecule has 1 amide bonds. The van der Waals surface area contributed by atoms with Crippen LogP contribution in [-0.2, 0) is 14.3 Å². The summed E-state index contributed by atoms with van der Waals surface area (Å²) in [5.41, 5.74) is 5.28. The molecular formula is C15H30N2O11. The molecule has 0 radical (unpaired) electrons. The quantitative estimate of drug-likeness (QED) is 0.142. The van der Waals surface area contributed by atoms with Crippen molar-refractivity contribution in [2.24, 2.45) is 5.73 Å². The summed E-state index contributed by atoms with van der Waals surface area (Å²) in [5, 5.41) is 80.2. The number of carbonyl (C=O) groups excluding carboxylic acids is 1. The Hall–Kier alpha value is -0.970. The lowest BCUT2D eigenvalue weighted by Gasteiger charge is -2.42. The summed E-state index contributed by atoms with van der Waals surface area (Å²) in [6, 6.07) is 0. The molecule has 9 atom stereocenters. The maximum Gasteiger partial charge on any atom is 0.251 e. The van der Waals surface area contributed by atoms with Crippen molar-refractivity contribution >= 4 is 5.91 Å². The fourth-order valence-corrected chi connectivity index (χ4v) is 2.59. The van der Waals surface area contributed by atoms with Gasteiger partial charge in [-0.2, -0.15) is 0 Å². The van der Waals surface area contributed by atoms with Gasteiger partial charge in [0.2, 0.25) is 0 Å². The van der Waals surface area contributed by atoms with E-state index in [2.05, 4.69) is 5.32 Å². The van der Waals surface area contributed by atoms with E-state index in [1.165, 1.54) is 0 Å². The van der Waals surface area contributed by atoms with Gasteiger partial charge in [0.1, 0.15) is 42.7 Å². The minimum atomic E-state index is -2.08. The number of nitrogens with one attached hydrogen (secondary N) is 1. The first kappa shape index (κ1) is 25.1. The van der Waals surface area contributed by atoms with E-state index in [0.717, 1.165) is 0 Å². The van der Waals surface area contributed by atoms with Crippen LogP contribution in [0, 0.1) is 0 Å². The van der Waals surface area contributed by atoms with Gasteiger partial charge in [-0.25, -0.2) is 0 Å². The van der Waals surface area contributed by atoms with Gasteiger partial charge in [-0.15, -0.1) is 0 Å². The lowest BCUT2D eigenvalue weighted by Crippen LogP contribution is -2.62.